The molecule has 0 atom stereocenters. The first-order valence-electron chi connectivity index (χ1n) is 5.52. The maximum absolute atomic E-state index is 6.32. The van der Waals surface area contributed by atoms with Gasteiger partial charge in [-0.25, -0.2) is 0 Å². The van der Waals surface area contributed by atoms with Gasteiger partial charge in [-0.3, -0.25) is 0 Å². The lowest BCUT2D eigenvalue weighted by atomic mass is 9.97. The maximum atomic E-state index is 6.32. The van der Waals surface area contributed by atoms with Crippen LogP contribution in [0.1, 0.15) is 39.0 Å². The lowest BCUT2D eigenvalue weighted by molar-refractivity contribution is 0.109. The molecule has 1 saturated heterocycles. The largest absolute Gasteiger partial charge is 0.414 e. The van der Waals surface area contributed by atoms with E-state index in [2.05, 4.69) is 6.92 Å². The third kappa shape index (κ3) is 1.60. The van der Waals surface area contributed by atoms with Gasteiger partial charge in [-0.1, -0.05) is 19.8 Å². The van der Waals surface area contributed by atoms with Crippen LogP contribution in [0.15, 0.2) is 0 Å². The molecule has 70 valence electrons. The molecule has 12 heavy (non-hydrogen) atoms. The molecule has 0 aromatic heterocycles. The molecule has 0 aromatic rings. The van der Waals surface area contributed by atoms with Gasteiger partial charge in [0.2, 0.25) is 0 Å². The van der Waals surface area contributed by atoms with E-state index in [9.17, 15) is 0 Å². The molecule has 1 aliphatic heterocycles. The van der Waals surface area contributed by atoms with Crippen molar-refractivity contribution in [2.24, 2.45) is 0 Å². The van der Waals surface area contributed by atoms with Crippen molar-refractivity contribution in [3.8, 4) is 0 Å². The summed E-state index contributed by atoms with van der Waals surface area (Å²) in [5.74, 6) is 0. The van der Waals surface area contributed by atoms with Gasteiger partial charge in [0.05, 0.1) is 0 Å². The van der Waals surface area contributed by atoms with Crippen LogP contribution in [0.4, 0.5) is 0 Å². The highest BCUT2D eigenvalue weighted by atomic mass is 28.4. The highest BCUT2D eigenvalue weighted by molar-refractivity contribution is 6.74. The highest BCUT2D eigenvalue weighted by Crippen LogP contribution is 2.38. The summed E-state index contributed by atoms with van der Waals surface area (Å²) < 4.78 is 6.32. The highest BCUT2D eigenvalue weighted by Gasteiger charge is 2.39. The minimum Gasteiger partial charge on any atom is -0.414 e. The molecule has 1 nitrogen and oxygen atoms in total. The van der Waals surface area contributed by atoms with Crippen LogP contribution in [0.25, 0.3) is 0 Å². The van der Waals surface area contributed by atoms with E-state index < -0.39 is 8.32 Å². The smallest absolute Gasteiger partial charge is 0.192 e. The summed E-state index contributed by atoms with van der Waals surface area (Å²) in [4.78, 5) is 0. The van der Waals surface area contributed by atoms with Crippen LogP contribution in [0, 0.1) is 0 Å². The Labute approximate surface area is 76.6 Å². The molecule has 0 amide bonds. The van der Waals surface area contributed by atoms with Crippen LogP contribution in [-0.4, -0.2) is 14.4 Å². The van der Waals surface area contributed by atoms with Crippen molar-refractivity contribution >= 4 is 8.32 Å². The summed E-state index contributed by atoms with van der Waals surface area (Å²) in [5, 5.41) is 0. The van der Waals surface area contributed by atoms with Crippen molar-refractivity contribution in [2.75, 3.05) is 0 Å². The van der Waals surface area contributed by atoms with E-state index in [1.54, 1.807) is 0 Å². The summed E-state index contributed by atoms with van der Waals surface area (Å²) in [5.41, 5.74) is 0. The Morgan fingerprint density at radius 1 is 1.17 bits per heavy atom. The third-order valence-corrected chi connectivity index (χ3v) is 8.28. The zero-order chi connectivity index (χ0) is 8.44. The fourth-order valence-corrected chi connectivity index (χ4v) is 6.51. The van der Waals surface area contributed by atoms with Crippen LogP contribution >= 0.6 is 0 Å². The topological polar surface area (TPSA) is 9.23 Å². The molecule has 0 unspecified atom stereocenters. The molecule has 0 bridgehead atoms. The average molecular weight is 184 g/mol. The lowest BCUT2D eigenvalue weighted by Crippen LogP contribution is -2.40. The van der Waals surface area contributed by atoms with Gasteiger partial charge in [0.25, 0.3) is 0 Å². The van der Waals surface area contributed by atoms with Crippen LogP contribution in [0.3, 0.4) is 0 Å². The molecule has 0 N–H and O–H groups in total. The van der Waals surface area contributed by atoms with Gasteiger partial charge < -0.3 is 4.43 Å². The van der Waals surface area contributed by atoms with Gasteiger partial charge in [-0.2, -0.15) is 0 Å². The first-order chi connectivity index (χ1) is 5.85. The summed E-state index contributed by atoms with van der Waals surface area (Å²) in [6, 6.07) is 4.28. The Kier molecular flexibility index (Phi) is 2.56. The van der Waals surface area contributed by atoms with Crippen molar-refractivity contribution in [1.82, 2.24) is 0 Å². The minimum atomic E-state index is -1.14. The zero-order valence-corrected chi connectivity index (χ0v) is 9.14. The van der Waals surface area contributed by atoms with Crippen molar-refractivity contribution in [3.05, 3.63) is 0 Å². The fourth-order valence-electron chi connectivity index (χ4n) is 2.42. The molecule has 2 aliphatic rings. The fraction of sp³-hybridized carbons (Fsp3) is 1.00. The number of hydrogen-bond acceptors (Lipinski definition) is 1. The number of hydrogen-bond donors (Lipinski definition) is 0. The standard InChI is InChI=1S/C10H20OSi/c1-2-12(8-3-4-9-12)11-10-6-5-7-10/h10H,2-9H2,1H3. The van der Waals surface area contributed by atoms with Gasteiger partial charge in [0, 0.05) is 6.10 Å². The monoisotopic (exact) mass is 184 g/mol. The van der Waals surface area contributed by atoms with Crippen molar-refractivity contribution in [1.29, 1.82) is 0 Å². The predicted molar refractivity (Wildman–Crippen MR) is 53.8 cm³/mol. The van der Waals surface area contributed by atoms with E-state index in [-0.39, 0.29) is 0 Å². The molecule has 1 saturated carbocycles. The Morgan fingerprint density at radius 3 is 2.25 bits per heavy atom. The summed E-state index contributed by atoms with van der Waals surface area (Å²) in [6.07, 6.45) is 7.72. The third-order valence-electron chi connectivity index (χ3n) is 3.63. The summed E-state index contributed by atoms with van der Waals surface area (Å²) >= 11 is 0. The van der Waals surface area contributed by atoms with E-state index >= 15 is 0 Å². The van der Waals surface area contributed by atoms with Gasteiger partial charge in [-0.15, -0.1) is 0 Å². The van der Waals surface area contributed by atoms with Gasteiger partial charge in [-0.05, 0) is 37.4 Å². The Balaban J connectivity index is 1.87. The molecule has 1 aliphatic carbocycles. The Morgan fingerprint density at radius 2 is 1.83 bits per heavy atom. The molecule has 0 spiro atoms. The molecule has 0 radical (unpaired) electrons. The van der Waals surface area contributed by atoms with Gasteiger partial charge in [0.1, 0.15) is 0 Å². The Hall–Kier alpha value is 0.177. The van der Waals surface area contributed by atoms with Gasteiger partial charge >= 0.3 is 0 Å². The second-order valence-electron chi connectivity index (χ2n) is 4.41. The van der Waals surface area contributed by atoms with Crippen LogP contribution in [-0.2, 0) is 4.43 Å². The second kappa shape index (κ2) is 3.50. The molecule has 1 heterocycles. The van der Waals surface area contributed by atoms with Crippen molar-refractivity contribution in [2.45, 2.75) is 63.3 Å². The quantitative estimate of drug-likeness (QED) is 0.611. The van der Waals surface area contributed by atoms with E-state index in [1.165, 1.54) is 50.2 Å². The molecule has 2 rings (SSSR count). The number of rotatable bonds is 3. The maximum Gasteiger partial charge on any atom is 0.192 e. The average Bonchev–Trinajstić information content (AvgIpc) is 2.46. The lowest BCUT2D eigenvalue weighted by Gasteiger charge is -2.35. The normalized spacial score (nSPS) is 28.8. The first-order valence-corrected chi connectivity index (χ1v) is 8.05. The SMILES string of the molecule is CC[Si]1(OC2CCC2)CCCC1. The van der Waals surface area contributed by atoms with Crippen LogP contribution in [0.2, 0.25) is 18.1 Å². The van der Waals surface area contributed by atoms with E-state index in [1.807, 2.05) is 0 Å². The molecule has 0 aromatic carbocycles. The zero-order valence-electron chi connectivity index (χ0n) is 8.14. The van der Waals surface area contributed by atoms with Crippen molar-refractivity contribution < 1.29 is 4.43 Å². The second-order valence-corrected chi connectivity index (χ2v) is 8.72. The molecular weight excluding hydrogens is 164 g/mol. The first kappa shape index (κ1) is 8.76. The summed E-state index contributed by atoms with van der Waals surface area (Å²) in [6.45, 7) is 2.34. The molecule has 2 fully saturated rings. The Bertz CT molecular complexity index is 148. The van der Waals surface area contributed by atoms with E-state index in [0.29, 0.717) is 6.10 Å². The predicted octanol–water partition coefficient (Wildman–Crippen LogP) is 3.31. The van der Waals surface area contributed by atoms with E-state index in [4.69, 9.17) is 4.43 Å². The summed E-state index contributed by atoms with van der Waals surface area (Å²) in [7, 11) is -1.14. The van der Waals surface area contributed by atoms with Crippen LogP contribution in [0.5, 0.6) is 0 Å². The van der Waals surface area contributed by atoms with Crippen LogP contribution < -0.4 is 0 Å². The molecule has 2 heteroatoms. The van der Waals surface area contributed by atoms with Crippen molar-refractivity contribution in [3.63, 3.8) is 0 Å². The minimum absolute atomic E-state index is 0.690. The van der Waals surface area contributed by atoms with Gasteiger partial charge in [0.15, 0.2) is 8.32 Å². The van der Waals surface area contributed by atoms with E-state index in [0.717, 1.165) is 0 Å². The molecular formula is C10H20OSi.